The van der Waals surface area contributed by atoms with Gasteiger partial charge < -0.3 is 14.7 Å². The van der Waals surface area contributed by atoms with E-state index >= 15 is 0 Å². The van der Waals surface area contributed by atoms with Crippen molar-refractivity contribution >= 4 is 23.7 Å². The molecule has 1 aromatic rings. The number of benzene rings is 1. The van der Waals surface area contributed by atoms with Crippen LogP contribution in [-0.2, 0) is 9.53 Å². The number of hydrogen-bond acceptors (Lipinski definition) is 3. The number of likely N-dealkylation sites (tertiary alicyclic amines) is 1. The van der Waals surface area contributed by atoms with Crippen LogP contribution in [0.4, 0.5) is 4.79 Å². The van der Waals surface area contributed by atoms with Crippen LogP contribution in [0.3, 0.4) is 0 Å². The highest BCUT2D eigenvalue weighted by Crippen LogP contribution is 2.34. The van der Waals surface area contributed by atoms with Crippen LogP contribution in [0.15, 0.2) is 24.3 Å². The van der Waals surface area contributed by atoms with Crippen molar-refractivity contribution in [3.63, 3.8) is 0 Å². The van der Waals surface area contributed by atoms with Gasteiger partial charge in [0.05, 0.1) is 5.92 Å². The normalized spacial score (nSPS) is 21.7. The molecule has 120 valence electrons. The number of carboxylic acid groups (broad SMARTS) is 1. The van der Waals surface area contributed by atoms with Gasteiger partial charge in [-0.1, -0.05) is 23.7 Å². The Morgan fingerprint density at radius 1 is 1.23 bits per heavy atom. The first kappa shape index (κ1) is 16.6. The fraction of sp³-hybridized carbons (Fsp3) is 0.500. The fourth-order valence-corrected chi connectivity index (χ4v) is 2.70. The summed E-state index contributed by atoms with van der Waals surface area (Å²) in [6, 6.07) is 7.07. The Kier molecular flexibility index (Phi) is 4.66. The van der Waals surface area contributed by atoms with Crippen LogP contribution >= 0.6 is 11.6 Å². The largest absolute Gasteiger partial charge is 0.481 e. The summed E-state index contributed by atoms with van der Waals surface area (Å²) in [6.07, 6.45) is -0.477. The Labute approximate surface area is 134 Å². The molecule has 0 bridgehead atoms. The van der Waals surface area contributed by atoms with E-state index in [1.807, 2.05) is 12.1 Å². The van der Waals surface area contributed by atoms with E-state index < -0.39 is 23.6 Å². The first-order chi connectivity index (χ1) is 10.2. The molecule has 1 heterocycles. The Morgan fingerprint density at radius 3 is 2.32 bits per heavy atom. The molecule has 0 saturated carbocycles. The average Bonchev–Trinajstić information content (AvgIpc) is 2.83. The summed E-state index contributed by atoms with van der Waals surface area (Å²) < 4.78 is 5.33. The highest BCUT2D eigenvalue weighted by molar-refractivity contribution is 6.30. The summed E-state index contributed by atoms with van der Waals surface area (Å²) in [5.74, 6) is -1.82. The molecule has 1 amide bonds. The predicted octanol–water partition coefficient (Wildman–Crippen LogP) is 3.38. The minimum Gasteiger partial charge on any atom is -0.481 e. The van der Waals surface area contributed by atoms with Gasteiger partial charge in [0.25, 0.3) is 0 Å². The number of hydrogen-bond donors (Lipinski definition) is 1. The molecule has 1 saturated heterocycles. The third-order valence-electron chi connectivity index (χ3n) is 3.59. The number of carbonyl (C=O) groups is 2. The minimum atomic E-state index is -0.911. The summed E-state index contributed by atoms with van der Waals surface area (Å²) in [5.41, 5.74) is 0.261. The smallest absolute Gasteiger partial charge is 0.410 e. The Morgan fingerprint density at radius 2 is 1.82 bits per heavy atom. The third kappa shape index (κ3) is 3.91. The van der Waals surface area contributed by atoms with Gasteiger partial charge in [-0.05, 0) is 38.5 Å². The van der Waals surface area contributed by atoms with Gasteiger partial charge in [0.2, 0.25) is 0 Å². The van der Waals surface area contributed by atoms with Crippen molar-refractivity contribution in [2.24, 2.45) is 5.92 Å². The molecule has 0 radical (unpaired) electrons. The molecular formula is C16H20ClNO4. The Balaban J connectivity index is 2.18. The number of carboxylic acids is 1. The summed E-state index contributed by atoms with van der Waals surface area (Å²) in [5, 5.41) is 10.0. The summed E-state index contributed by atoms with van der Waals surface area (Å²) >= 11 is 5.87. The molecule has 1 aromatic carbocycles. The molecule has 6 heteroatoms. The molecule has 1 aliphatic heterocycles. The van der Waals surface area contributed by atoms with E-state index in [9.17, 15) is 14.7 Å². The van der Waals surface area contributed by atoms with E-state index in [-0.39, 0.29) is 12.5 Å². The van der Waals surface area contributed by atoms with Gasteiger partial charge in [-0.2, -0.15) is 0 Å². The molecule has 0 aliphatic carbocycles. The van der Waals surface area contributed by atoms with E-state index in [2.05, 4.69) is 0 Å². The SMILES string of the molecule is CC(C)(C)OC(=O)N1CC(c2ccc(Cl)cc2)[C@@H](C(=O)O)C1. The number of carbonyl (C=O) groups excluding carboxylic acids is 1. The molecule has 5 nitrogen and oxygen atoms in total. The van der Waals surface area contributed by atoms with Crippen LogP contribution in [0.1, 0.15) is 32.3 Å². The zero-order valence-electron chi connectivity index (χ0n) is 12.9. The quantitative estimate of drug-likeness (QED) is 0.905. The maximum Gasteiger partial charge on any atom is 0.410 e. The number of rotatable bonds is 2. The average molecular weight is 326 g/mol. The molecule has 22 heavy (non-hydrogen) atoms. The molecule has 2 rings (SSSR count). The zero-order valence-corrected chi connectivity index (χ0v) is 13.6. The fourth-order valence-electron chi connectivity index (χ4n) is 2.58. The molecule has 0 spiro atoms. The van der Waals surface area contributed by atoms with Crippen LogP contribution in [0.25, 0.3) is 0 Å². The van der Waals surface area contributed by atoms with E-state index in [0.29, 0.717) is 11.6 Å². The van der Waals surface area contributed by atoms with Gasteiger partial charge in [-0.3, -0.25) is 4.79 Å². The first-order valence-electron chi connectivity index (χ1n) is 7.13. The van der Waals surface area contributed by atoms with Crippen LogP contribution in [-0.4, -0.2) is 40.8 Å². The summed E-state index contributed by atoms with van der Waals surface area (Å²) in [4.78, 5) is 25.1. The van der Waals surface area contributed by atoms with E-state index in [1.54, 1.807) is 32.9 Å². The molecule has 0 aromatic heterocycles. The molecule has 1 aliphatic rings. The standard InChI is InChI=1S/C16H20ClNO4/c1-16(2,3)22-15(21)18-8-12(13(9-18)14(19)20)10-4-6-11(17)7-5-10/h4-7,12-13H,8-9H2,1-3H3,(H,19,20)/t12?,13-/m0/s1. The van der Waals surface area contributed by atoms with Crippen molar-refractivity contribution in [3.8, 4) is 0 Å². The van der Waals surface area contributed by atoms with Gasteiger partial charge in [0, 0.05) is 24.0 Å². The van der Waals surface area contributed by atoms with E-state index in [0.717, 1.165) is 5.56 Å². The second-order valence-corrected chi connectivity index (χ2v) is 6.92. The van der Waals surface area contributed by atoms with Gasteiger partial charge >= 0.3 is 12.1 Å². The molecular weight excluding hydrogens is 306 g/mol. The van der Waals surface area contributed by atoms with Crippen LogP contribution in [0.5, 0.6) is 0 Å². The monoisotopic (exact) mass is 325 g/mol. The number of aliphatic carboxylic acids is 1. The summed E-state index contributed by atoms with van der Waals surface area (Å²) in [6.45, 7) is 5.83. The van der Waals surface area contributed by atoms with E-state index in [1.165, 1.54) is 4.90 Å². The maximum atomic E-state index is 12.1. The van der Waals surface area contributed by atoms with Crippen molar-refractivity contribution in [3.05, 3.63) is 34.9 Å². The Bertz CT molecular complexity index is 565. The van der Waals surface area contributed by atoms with Crippen molar-refractivity contribution in [1.82, 2.24) is 4.90 Å². The zero-order chi connectivity index (χ0) is 16.5. The van der Waals surface area contributed by atoms with Crippen LogP contribution in [0.2, 0.25) is 5.02 Å². The lowest BCUT2D eigenvalue weighted by atomic mass is 9.89. The molecule has 1 unspecified atom stereocenters. The second kappa shape index (κ2) is 6.16. The van der Waals surface area contributed by atoms with Crippen molar-refractivity contribution in [2.75, 3.05) is 13.1 Å². The van der Waals surface area contributed by atoms with Crippen molar-refractivity contribution in [2.45, 2.75) is 32.3 Å². The van der Waals surface area contributed by atoms with Crippen LogP contribution < -0.4 is 0 Å². The highest BCUT2D eigenvalue weighted by Gasteiger charge is 2.41. The number of halogens is 1. The van der Waals surface area contributed by atoms with Crippen LogP contribution in [0, 0.1) is 5.92 Å². The molecule has 2 atom stereocenters. The van der Waals surface area contributed by atoms with E-state index in [4.69, 9.17) is 16.3 Å². The highest BCUT2D eigenvalue weighted by atomic mass is 35.5. The first-order valence-corrected chi connectivity index (χ1v) is 7.51. The second-order valence-electron chi connectivity index (χ2n) is 6.49. The third-order valence-corrected chi connectivity index (χ3v) is 3.84. The van der Waals surface area contributed by atoms with Gasteiger partial charge in [-0.15, -0.1) is 0 Å². The lowest BCUT2D eigenvalue weighted by Gasteiger charge is -2.24. The van der Waals surface area contributed by atoms with Gasteiger partial charge in [0.1, 0.15) is 5.60 Å². The Hall–Kier alpha value is -1.75. The number of ether oxygens (including phenoxy) is 1. The number of amides is 1. The maximum absolute atomic E-state index is 12.1. The lowest BCUT2D eigenvalue weighted by molar-refractivity contribution is -0.141. The lowest BCUT2D eigenvalue weighted by Crippen LogP contribution is -2.35. The number of nitrogens with zero attached hydrogens (tertiary/aromatic N) is 1. The topological polar surface area (TPSA) is 66.8 Å². The molecule has 1 N–H and O–H groups in total. The molecule has 1 fully saturated rings. The van der Waals surface area contributed by atoms with Crippen molar-refractivity contribution in [1.29, 1.82) is 0 Å². The summed E-state index contributed by atoms with van der Waals surface area (Å²) in [7, 11) is 0. The predicted molar refractivity (Wildman–Crippen MR) is 83.1 cm³/mol. The van der Waals surface area contributed by atoms with Gasteiger partial charge in [0.15, 0.2) is 0 Å². The van der Waals surface area contributed by atoms with Crippen molar-refractivity contribution < 1.29 is 19.4 Å². The minimum absolute atomic E-state index is 0.150. The van der Waals surface area contributed by atoms with Gasteiger partial charge in [-0.25, -0.2) is 4.79 Å².